The van der Waals surface area contributed by atoms with Gasteiger partial charge < -0.3 is 10.5 Å². The Hall–Kier alpha value is -0.120. The first-order valence-corrected chi connectivity index (χ1v) is 7.69. The molecule has 0 aromatic carbocycles. The van der Waals surface area contributed by atoms with Crippen LogP contribution in [0, 0.1) is 17.8 Å². The molecule has 2 aliphatic carbocycles. The number of ether oxygens (including phenoxy) is 1. The van der Waals surface area contributed by atoms with E-state index in [1.54, 1.807) is 7.11 Å². The Morgan fingerprint density at radius 3 is 2.56 bits per heavy atom. The number of nitrogens with zero attached hydrogens (tertiary/aromatic N) is 1. The van der Waals surface area contributed by atoms with Gasteiger partial charge in [-0.1, -0.05) is 6.42 Å². The summed E-state index contributed by atoms with van der Waals surface area (Å²) >= 11 is 0. The van der Waals surface area contributed by atoms with Crippen molar-refractivity contribution in [2.75, 3.05) is 33.4 Å². The van der Waals surface area contributed by atoms with Crippen LogP contribution in [0.3, 0.4) is 0 Å². The van der Waals surface area contributed by atoms with Gasteiger partial charge in [0, 0.05) is 26.2 Å². The number of nitrogens with two attached hydrogens (primary N) is 1. The van der Waals surface area contributed by atoms with Crippen LogP contribution in [-0.4, -0.2) is 44.3 Å². The monoisotopic (exact) mass is 254 g/mol. The summed E-state index contributed by atoms with van der Waals surface area (Å²) in [6, 6.07) is 0.735. The van der Waals surface area contributed by atoms with Crippen LogP contribution in [0.15, 0.2) is 0 Å². The van der Waals surface area contributed by atoms with Crippen LogP contribution >= 0.6 is 0 Å². The maximum atomic E-state index is 5.91. The molecule has 3 nitrogen and oxygen atoms in total. The van der Waals surface area contributed by atoms with Crippen LogP contribution in [0.4, 0.5) is 0 Å². The summed E-state index contributed by atoms with van der Waals surface area (Å²) in [5.41, 5.74) is 5.91. The molecular weight excluding hydrogens is 224 g/mol. The Bertz CT molecular complexity index is 243. The van der Waals surface area contributed by atoms with Crippen LogP contribution in [0.5, 0.6) is 0 Å². The maximum Gasteiger partial charge on any atom is 0.0589 e. The summed E-state index contributed by atoms with van der Waals surface area (Å²) in [4.78, 5) is 2.67. The van der Waals surface area contributed by atoms with Crippen molar-refractivity contribution in [3.8, 4) is 0 Å². The molecule has 0 aliphatic heterocycles. The van der Waals surface area contributed by atoms with Crippen molar-refractivity contribution in [1.82, 2.24) is 4.90 Å². The number of rotatable bonds is 8. The molecule has 0 amide bonds. The van der Waals surface area contributed by atoms with E-state index in [1.165, 1.54) is 38.6 Å². The van der Waals surface area contributed by atoms with E-state index in [0.717, 1.165) is 43.5 Å². The quantitative estimate of drug-likeness (QED) is 0.721. The van der Waals surface area contributed by atoms with Gasteiger partial charge in [0.1, 0.15) is 0 Å². The van der Waals surface area contributed by atoms with Gasteiger partial charge in [-0.3, -0.25) is 4.90 Å². The molecule has 0 bridgehead atoms. The number of methoxy groups -OCH3 is 1. The molecule has 2 fully saturated rings. The third-order valence-corrected chi connectivity index (χ3v) is 5.05. The minimum Gasteiger partial charge on any atom is -0.383 e. The highest BCUT2D eigenvalue weighted by Gasteiger charge is 2.34. The lowest BCUT2D eigenvalue weighted by Gasteiger charge is -2.33. The lowest BCUT2D eigenvalue weighted by Crippen LogP contribution is -2.41. The predicted octanol–water partition coefficient (Wildman–Crippen LogP) is 2.11. The second kappa shape index (κ2) is 6.88. The molecule has 18 heavy (non-hydrogen) atoms. The van der Waals surface area contributed by atoms with E-state index in [2.05, 4.69) is 11.8 Å². The van der Waals surface area contributed by atoms with Crippen LogP contribution in [0.1, 0.15) is 39.0 Å². The predicted molar refractivity (Wildman–Crippen MR) is 75.5 cm³/mol. The molecule has 0 aromatic rings. The molecule has 0 heterocycles. The smallest absolute Gasteiger partial charge is 0.0589 e. The Morgan fingerprint density at radius 1 is 1.22 bits per heavy atom. The number of hydrogen-bond acceptors (Lipinski definition) is 3. The van der Waals surface area contributed by atoms with Crippen molar-refractivity contribution < 1.29 is 4.74 Å². The Kier molecular flexibility index (Phi) is 5.46. The molecule has 2 aliphatic rings. The zero-order valence-electron chi connectivity index (χ0n) is 12.1. The van der Waals surface area contributed by atoms with Crippen LogP contribution < -0.4 is 5.73 Å². The summed E-state index contributed by atoms with van der Waals surface area (Å²) in [7, 11) is 1.80. The van der Waals surface area contributed by atoms with E-state index >= 15 is 0 Å². The van der Waals surface area contributed by atoms with Crippen molar-refractivity contribution in [2.45, 2.75) is 45.1 Å². The first-order valence-electron chi connectivity index (χ1n) is 7.69. The van der Waals surface area contributed by atoms with Crippen molar-refractivity contribution in [3.63, 3.8) is 0 Å². The fourth-order valence-corrected chi connectivity index (χ4v) is 3.51. The fourth-order valence-electron chi connectivity index (χ4n) is 3.51. The van der Waals surface area contributed by atoms with Gasteiger partial charge >= 0.3 is 0 Å². The summed E-state index contributed by atoms with van der Waals surface area (Å²) in [6.07, 6.45) is 6.95. The molecule has 0 spiro atoms. The minimum atomic E-state index is 0.735. The van der Waals surface area contributed by atoms with Gasteiger partial charge in [0.25, 0.3) is 0 Å². The van der Waals surface area contributed by atoms with Gasteiger partial charge in [-0.05, 0) is 56.9 Å². The Morgan fingerprint density at radius 2 is 1.94 bits per heavy atom. The second-order valence-electron chi connectivity index (χ2n) is 6.25. The topological polar surface area (TPSA) is 38.5 Å². The SMILES string of the molecule is COCCN(CC1CCCC1CN)C(C)C1CC1. The van der Waals surface area contributed by atoms with E-state index in [-0.39, 0.29) is 0 Å². The van der Waals surface area contributed by atoms with Crippen molar-refractivity contribution in [1.29, 1.82) is 0 Å². The lowest BCUT2D eigenvalue weighted by molar-refractivity contribution is 0.0967. The summed E-state index contributed by atoms with van der Waals surface area (Å²) < 4.78 is 5.27. The molecular formula is C15H30N2O. The van der Waals surface area contributed by atoms with E-state index in [1.807, 2.05) is 0 Å². The van der Waals surface area contributed by atoms with Gasteiger partial charge in [-0.15, -0.1) is 0 Å². The third kappa shape index (κ3) is 3.69. The van der Waals surface area contributed by atoms with E-state index in [0.29, 0.717) is 0 Å². The average Bonchev–Trinajstić information content (AvgIpc) is 3.14. The molecule has 3 unspecified atom stereocenters. The van der Waals surface area contributed by atoms with Crippen molar-refractivity contribution in [2.24, 2.45) is 23.5 Å². The molecule has 2 N–H and O–H groups in total. The lowest BCUT2D eigenvalue weighted by atomic mass is 9.95. The third-order valence-electron chi connectivity index (χ3n) is 5.05. The molecule has 2 saturated carbocycles. The highest BCUT2D eigenvalue weighted by atomic mass is 16.5. The van der Waals surface area contributed by atoms with Gasteiger partial charge in [0.2, 0.25) is 0 Å². The fraction of sp³-hybridized carbons (Fsp3) is 1.00. The summed E-state index contributed by atoms with van der Waals surface area (Å²) in [5.74, 6) is 2.54. The largest absolute Gasteiger partial charge is 0.383 e. The van der Waals surface area contributed by atoms with Crippen LogP contribution in [0.2, 0.25) is 0 Å². The van der Waals surface area contributed by atoms with Crippen LogP contribution in [0.25, 0.3) is 0 Å². The standard InChI is InChI=1S/C15H30N2O/c1-12(13-6-7-13)17(8-9-18-2)11-15-5-3-4-14(15)10-16/h12-15H,3-11,16H2,1-2H3. The molecule has 0 radical (unpaired) electrons. The van der Waals surface area contributed by atoms with Gasteiger partial charge in [0.15, 0.2) is 0 Å². The van der Waals surface area contributed by atoms with Crippen molar-refractivity contribution >= 4 is 0 Å². The number of hydrogen-bond donors (Lipinski definition) is 1. The van der Waals surface area contributed by atoms with Gasteiger partial charge in [-0.25, -0.2) is 0 Å². The molecule has 106 valence electrons. The zero-order chi connectivity index (χ0) is 13.0. The molecule has 3 heteroatoms. The normalized spacial score (nSPS) is 30.0. The molecule has 0 aromatic heterocycles. The Labute approximate surface area is 112 Å². The highest BCUT2D eigenvalue weighted by molar-refractivity contribution is 4.88. The Balaban J connectivity index is 1.86. The second-order valence-corrected chi connectivity index (χ2v) is 6.25. The van der Waals surface area contributed by atoms with Crippen LogP contribution in [-0.2, 0) is 4.74 Å². The average molecular weight is 254 g/mol. The summed E-state index contributed by atoms with van der Waals surface area (Å²) in [6.45, 7) is 6.46. The van der Waals surface area contributed by atoms with E-state index < -0.39 is 0 Å². The zero-order valence-corrected chi connectivity index (χ0v) is 12.1. The molecule has 2 rings (SSSR count). The minimum absolute atomic E-state index is 0.735. The van der Waals surface area contributed by atoms with E-state index in [4.69, 9.17) is 10.5 Å². The molecule has 3 atom stereocenters. The molecule has 0 saturated heterocycles. The first-order chi connectivity index (χ1) is 8.76. The van der Waals surface area contributed by atoms with E-state index in [9.17, 15) is 0 Å². The van der Waals surface area contributed by atoms with Crippen molar-refractivity contribution in [3.05, 3.63) is 0 Å². The highest BCUT2D eigenvalue weighted by Crippen LogP contribution is 2.37. The van der Waals surface area contributed by atoms with Gasteiger partial charge in [-0.2, -0.15) is 0 Å². The first kappa shape index (κ1) is 14.3. The maximum absolute atomic E-state index is 5.91. The van der Waals surface area contributed by atoms with Gasteiger partial charge in [0.05, 0.1) is 6.61 Å². The summed E-state index contributed by atoms with van der Waals surface area (Å²) in [5, 5.41) is 0.